The fourth-order valence-electron chi connectivity index (χ4n) is 3.77. The van der Waals surface area contributed by atoms with Crippen LogP contribution < -0.4 is 0 Å². The fourth-order valence-corrected chi connectivity index (χ4v) is 4.05. The van der Waals surface area contributed by atoms with Gasteiger partial charge in [0.25, 0.3) is 0 Å². The fraction of sp³-hybridized carbons (Fsp3) is 0.294. The number of halogens is 3. The Morgan fingerprint density at radius 1 is 1.30 bits per heavy atom. The quantitative estimate of drug-likeness (QED) is 0.839. The van der Waals surface area contributed by atoms with Crippen LogP contribution in [0.1, 0.15) is 24.8 Å². The van der Waals surface area contributed by atoms with E-state index in [0.29, 0.717) is 30.5 Å². The molecule has 0 saturated carbocycles. The third-order valence-corrected chi connectivity index (χ3v) is 5.37. The summed E-state index contributed by atoms with van der Waals surface area (Å²) in [4.78, 5) is 25.3. The molecule has 2 aromatic rings. The molecule has 0 bridgehead atoms. The number of amides is 1. The third kappa shape index (κ3) is 2.98. The summed E-state index contributed by atoms with van der Waals surface area (Å²) in [6, 6.07) is 1.80. The molecular formula is C17H13Cl2FN4O3. The van der Waals surface area contributed by atoms with Crippen molar-refractivity contribution in [3.63, 3.8) is 0 Å². The highest BCUT2D eigenvalue weighted by Gasteiger charge is 2.43. The molecule has 2 aliphatic heterocycles. The lowest BCUT2D eigenvalue weighted by Crippen LogP contribution is -2.46. The van der Waals surface area contributed by atoms with Crippen molar-refractivity contribution in [2.75, 3.05) is 0 Å². The Morgan fingerprint density at radius 2 is 2.07 bits per heavy atom. The Kier molecular flexibility index (Phi) is 4.39. The van der Waals surface area contributed by atoms with E-state index < -0.39 is 23.7 Å². The van der Waals surface area contributed by atoms with E-state index in [9.17, 15) is 19.1 Å². The number of carboxylic acid groups (broad SMARTS) is 1. The molecule has 1 aromatic heterocycles. The number of fused-ring (bicyclic) bond motifs is 1. The highest BCUT2D eigenvalue weighted by molar-refractivity contribution is 6.31. The smallest absolute Gasteiger partial charge is 0.326 e. The standard InChI is InChI=1S/C17H13Cl2FN4O3/c18-10-2-4-11(23-7-13(19)21-22-23)15(16(10)20)8-5-9-1-3-12(17(26)27)24(9)14(25)6-8/h2,4,6-7,9,12H,1,3,5H2,(H,26,27)/t9?,12-/m0/s1. The zero-order chi connectivity index (χ0) is 19.3. The van der Waals surface area contributed by atoms with Gasteiger partial charge in [-0.15, -0.1) is 5.10 Å². The van der Waals surface area contributed by atoms with E-state index in [0.717, 1.165) is 0 Å². The molecule has 1 saturated heterocycles. The van der Waals surface area contributed by atoms with Crippen molar-refractivity contribution in [3.05, 3.63) is 46.0 Å². The van der Waals surface area contributed by atoms with Crippen LogP contribution in [-0.4, -0.2) is 49.0 Å². The van der Waals surface area contributed by atoms with Crippen molar-refractivity contribution in [1.82, 2.24) is 19.9 Å². The minimum Gasteiger partial charge on any atom is -0.480 e. The van der Waals surface area contributed by atoms with Gasteiger partial charge >= 0.3 is 5.97 Å². The number of aliphatic carboxylic acids is 1. The molecule has 3 heterocycles. The van der Waals surface area contributed by atoms with Gasteiger partial charge in [-0.2, -0.15) is 0 Å². The maximum atomic E-state index is 14.9. The van der Waals surface area contributed by atoms with E-state index >= 15 is 0 Å². The second-order valence-corrected chi connectivity index (χ2v) is 7.24. The molecule has 140 valence electrons. The van der Waals surface area contributed by atoms with E-state index in [-0.39, 0.29) is 21.8 Å². The van der Waals surface area contributed by atoms with Crippen LogP contribution in [0.5, 0.6) is 0 Å². The molecule has 0 spiro atoms. The Balaban J connectivity index is 1.81. The van der Waals surface area contributed by atoms with Crippen LogP contribution >= 0.6 is 23.2 Å². The van der Waals surface area contributed by atoms with Crippen LogP contribution in [0.2, 0.25) is 10.2 Å². The first-order valence-electron chi connectivity index (χ1n) is 8.19. The molecule has 1 fully saturated rings. The second-order valence-electron chi connectivity index (χ2n) is 6.45. The van der Waals surface area contributed by atoms with Crippen molar-refractivity contribution >= 4 is 40.7 Å². The maximum Gasteiger partial charge on any atom is 0.326 e. The van der Waals surface area contributed by atoms with Crippen molar-refractivity contribution in [2.45, 2.75) is 31.3 Å². The van der Waals surface area contributed by atoms with E-state index in [1.807, 2.05) is 0 Å². The van der Waals surface area contributed by atoms with Gasteiger partial charge in [0.15, 0.2) is 11.0 Å². The number of carbonyl (C=O) groups excluding carboxylic acids is 1. The third-order valence-electron chi connectivity index (χ3n) is 4.90. The Bertz CT molecular complexity index is 991. The molecule has 2 aliphatic rings. The molecule has 1 amide bonds. The lowest BCUT2D eigenvalue weighted by atomic mass is 9.92. The predicted octanol–water partition coefficient (Wildman–Crippen LogP) is 2.94. The molecule has 10 heteroatoms. The zero-order valence-corrected chi connectivity index (χ0v) is 15.3. The minimum absolute atomic E-state index is 0.0921. The SMILES string of the molecule is O=C(O)[C@@H]1CCC2CC(c3c(-n4cc(Cl)nn4)ccc(Cl)c3F)=CC(=O)N21. The van der Waals surface area contributed by atoms with Crippen LogP contribution in [0.25, 0.3) is 11.3 Å². The molecule has 4 rings (SSSR count). The highest BCUT2D eigenvalue weighted by atomic mass is 35.5. The summed E-state index contributed by atoms with van der Waals surface area (Å²) in [6.45, 7) is 0. The molecule has 0 aliphatic carbocycles. The largest absolute Gasteiger partial charge is 0.480 e. The summed E-state index contributed by atoms with van der Waals surface area (Å²) in [7, 11) is 0. The van der Waals surface area contributed by atoms with Gasteiger partial charge in [0, 0.05) is 17.7 Å². The number of carboxylic acids is 1. The van der Waals surface area contributed by atoms with E-state index in [4.69, 9.17) is 23.2 Å². The van der Waals surface area contributed by atoms with Gasteiger partial charge in [-0.1, -0.05) is 28.4 Å². The van der Waals surface area contributed by atoms with Crippen LogP contribution in [0.3, 0.4) is 0 Å². The van der Waals surface area contributed by atoms with Crippen molar-refractivity contribution < 1.29 is 19.1 Å². The van der Waals surface area contributed by atoms with Gasteiger partial charge in [0.1, 0.15) is 6.04 Å². The number of hydrogen-bond donors (Lipinski definition) is 1. The first kappa shape index (κ1) is 17.9. The number of aromatic nitrogens is 3. The molecule has 7 nitrogen and oxygen atoms in total. The molecular weight excluding hydrogens is 398 g/mol. The molecule has 2 atom stereocenters. The normalized spacial score (nSPS) is 22.0. The van der Waals surface area contributed by atoms with Crippen molar-refractivity contribution in [3.8, 4) is 5.69 Å². The summed E-state index contributed by atoms with van der Waals surface area (Å²) in [6.07, 6.45) is 3.92. The van der Waals surface area contributed by atoms with Gasteiger partial charge in [0.05, 0.1) is 16.9 Å². The Hall–Kier alpha value is -2.45. The summed E-state index contributed by atoms with van der Waals surface area (Å²) >= 11 is 11.8. The first-order chi connectivity index (χ1) is 12.9. The number of nitrogens with zero attached hydrogens (tertiary/aromatic N) is 4. The van der Waals surface area contributed by atoms with Gasteiger partial charge in [-0.3, -0.25) is 4.79 Å². The lowest BCUT2D eigenvalue weighted by molar-refractivity contribution is -0.147. The van der Waals surface area contributed by atoms with E-state index in [1.165, 1.54) is 27.9 Å². The maximum absolute atomic E-state index is 14.9. The summed E-state index contributed by atoms with van der Waals surface area (Å²) in [5.74, 6) is -2.16. The van der Waals surface area contributed by atoms with Crippen LogP contribution in [0.15, 0.2) is 24.4 Å². The molecule has 27 heavy (non-hydrogen) atoms. The number of rotatable bonds is 3. The average molecular weight is 411 g/mol. The van der Waals surface area contributed by atoms with Gasteiger partial charge in [-0.25, -0.2) is 13.9 Å². The molecule has 1 N–H and O–H groups in total. The van der Waals surface area contributed by atoms with Crippen molar-refractivity contribution in [1.29, 1.82) is 0 Å². The van der Waals surface area contributed by atoms with E-state index in [2.05, 4.69) is 10.3 Å². The number of benzene rings is 1. The topological polar surface area (TPSA) is 88.3 Å². The van der Waals surface area contributed by atoms with E-state index in [1.54, 1.807) is 6.07 Å². The number of hydrogen-bond acceptors (Lipinski definition) is 4. The zero-order valence-electron chi connectivity index (χ0n) is 13.8. The predicted molar refractivity (Wildman–Crippen MR) is 95.2 cm³/mol. The summed E-state index contributed by atoms with van der Waals surface area (Å²) in [5.41, 5.74) is 0.918. The average Bonchev–Trinajstić information content (AvgIpc) is 3.23. The Morgan fingerprint density at radius 3 is 2.74 bits per heavy atom. The van der Waals surface area contributed by atoms with Gasteiger partial charge < -0.3 is 10.0 Å². The van der Waals surface area contributed by atoms with Gasteiger partial charge in [-0.05, 0) is 37.0 Å². The molecule has 0 radical (unpaired) electrons. The first-order valence-corrected chi connectivity index (χ1v) is 8.94. The minimum atomic E-state index is -1.03. The Labute approximate surface area is 163 Å². The highest BCUT2D eigenvalue weighted by Crippen LogP contribution is 2.39. The van der Waals surface area contributed by atoms with Crippen molar-refractivity contribution in [2.24, 2.45) is 0 Å². The van der Waals surface area contributed by atoms with Crippen LogP contribution in [0, 0.1) is 5.82 Å². The molecule has 1 aromatic carbocycles. The monoisotopic (exact) mass is 410 g/mol. The summed E-state index contributed by atoms with van der Waals surface area (Å²) in [5, 5.41) is 16.9. The molecule has 1 unspecified atom stereocenters. The lowest BCUT2D eigenvalue weighted by Gasteiger charge is -2.32. The van der Waals surface area contributed by atoms with Crippen LogP contribution in [0.4, 0.5) is 4.39 Å². The second kappa shape index (κ2) is 6.61. The van der Waals surface area contributed by atoms with Gasteiger partial charge in [0.2, 0.25) is 5.91 Å². The number of carbonyl (C=O) groups is 2. The van der Waals surface area contributed by atoms with Crippen LogP contribution in [-0.2, 0) is 9.59 Å². The summed E-state index contributed by atoms with van der Waals surface area (Å²) < 4.78 is 16.2.